The summed E-state index contributed by atoms with van der Waals surface area (Å²) in [6.45, 7) is 3.26. The van der Waals surface area contributed by atoms with Gasteiger partial charge in [0, 0.05) is 23.7 Å². The van der Waals surface area contributed by atoms with E-state index in [1.807, 2.05) is 12.1 Å². The highest BCUT2D eigenvalue weighted by Crippen LogP contribution is 2.35. The Morgan fingerprint density at radius 2 is 1.90 bits per heavy atom. The SMILES string of the molecule is CCOC(=O)CCn1c(=NC(=O)c2cc(Cl)ccc2Cl)sc2cc3c(cc21)OCCO3. The van der Waals surface area contributed by atoms with Crippen molar-refractivity contribution < 1.29 is 23.8 Å². The Morgan fingerprint density at radius 3 is 2.65 bits per heavy atom. The van der Waals surface area contributed by atoms with Crippen LogP contribution in [0.1, 0.15) is 23.7 Å². The number of carbonyl (C=O) groups is 2. The topological polar surface area (TPSA) is 79.1 Å². The molecule has 0 spiro atoms. The van der Waals surface area contributed by atoms with Crippen molar-refractivity contribution in [3.63, 3.8) is 0 Å². The molecule has 1 aromatic heterocycles. The summed E-state index contributed by atoms with van der Waals surface area (Å²) in [5, 5.41) is 0.644. The maximum Gasteiger partial charge on any atom is 0.307 e. The molecular weight excluding hydrogens is 463 g/mol. The molecule has 1 aliphatic heterocycles. The number of aromatic nitrogens is 1. The van der Waals surface area contributed by atoms with Crippen molar-refractivity contribution in [2.45, 2.75) is 19.9 Å². The number of fused-ring (bicyclic) bond motifs is 2. The first-order valence-corrected chi connectivity index (χ1v) is 11.2. The molecule has 10 heteroatoms. The van der Waals surface area contributed by atoms with E-state index in [0.29, 0.717) is 41.1 Å². The minimum absolute atomic E-state index is 0.132. The van der Waals surface area contributed by atoms with E-state index in [-0.39, 0.29) is 29.5 Å². The molecule has 0 radical (unpaired) electrons. The Bertz CT molecular complexity index is 1230. The summed E-state index contributed by atoms with van der Waals surface area (Å²) in [7, 11) is 0. The second-order valence-electron chi connectivity index (χ2n) is 6.60. The van der Waals surface area contributed by atoms with Gasteiger partial charge < -0.3 is 18.8 Å². The van der Waals surface area contributed by atoms with Crippen molar-refractivity contribution >= 4 is 56.6 Å². The van der Waals surface area contributed by atoms with E-state index in [1.54, 1.807) is 23.6 Å². The van der Waals surface area contributed by atoms with Crippen LogP contribution < -0.4 is 14.3 Å². The minimum Gasteiger partial charge on any atom is -0.486 e. The number of aryl methyl sites for hydroxylation is 1. The lowest BCUT2D eigenvalue weighted by molar-refractivity contribution is -0.143. The summed E-state index contributed by atoms with van der Waals surface area (Å²) in [6.07, 6.45) is 0.132. The van der Waals surface area contributed by atoms with Gasteiger partial charge in [0.1, 0.15) is 13.2 Å². The molecule has 7 nitrogen and oxygen atoms in total. The molecular formula is C21H18Cl2N2O5S. The van der Waals surface area contributed by atoms with Gasteiger partial charge in [-0.05, 0) is 25.1 Å². The second kappa shape index (κ2) is 9.30. The smallest absolute Gasteiger partial charge is 0.307 e. The molecule has 2 heterocycles. The minimum atomic E-state index is -0.527. The molecule has 4 rings (SSSR count). The van der Waals surface area contributed by atoms with Gasteiger partial charge in [0.2, 0.25) is 0 Å². The van der Waals surface area contributed by atoms with E-state index >= 15 is 0 Å². The van der Waals surface area contributed by atoms with E-state index in [0.717, 1.165) is 10.2 Å². The summed E-state index contributed by atoms with van der Waals surface area (Å²) in [4.78, 5) is 29.5. The highest BCUT2D eigenvalue weighted by Gasteiger charge is 2.18. The average molecular weight is 481 g/mol. The van der Waals surface area contributed by atoms with E-state index in [4.69, 9.17) is 37.4 Å². The van der Waals surface area contributed by atoms with Crippen molar-refractivity contribution in [1.82, 2.24) is 4.57 Å². The molecule has 0 aliphatic carbocycles. The first kappa shape index (κ1) is 21.7. The van der Waals surface area contributed by atoms with Gasteiger partial charge in [-0.1, -0.05) is 34.5 Å². The Kier molecular flexibility index (Phi) is 6.50. The number of amides is 1. The largest absolute Gasteiger partial charge is 0.486 e. The Morgan fingerprint density at radius 1 is 1.16 bits per heavy atom. The molecule has 0 unspecified atom stereocenters. The van der Waals surface area contributed by atoms with Gasteiger partial charge in [-0.3, -0.25) is 9.59 Å². The summed E-state index contributed by atoms with van der Waals surface area (Å²) in [6, 6.07) is 8.32. The Balaban J connectivity index is 1.81. The molecule has 0 saturated heterocycles. The van der Waals surface area contributed by atoms with E-state index < -0.39 is 5.91 Å². The second-order valence-corrected chi connectivity index (χ2v) is 8.45. The average Bonchev–Trinajstić information content (AvgIpc) is 3.08. The van der Waals surface area contributed by atoms with Gasteiger partial charge in [0.15, 0.2) is 16.3 Å². The zero-order chi connectivity index (χ0) is 22.0. The molecule has 3 aromatic rings. The fourth-order valence-electron chi connectivity index (χ4n) is 3.15. The Hall–Kier alpha value is -2.55. The van der Waals surface area contributed by atoms with Gasteiger partial charge in [0.25, 0.3) is 5.91 Å². The van der Waals surface area contributed by atoms with Crippen LogP contribution in [-0.4, -0.2) is 36.3 Å². The molecule has 0 fully saturated rings. The lowest BCUT2D eigenvalue weighted by Gasteiger charge is -2.18. The molecule has 31 heavy (non-hydrogen) atoms. The van der Waals surface area contributed by atoms with Crippen molar-refractivity contribution in [3.8, 4) is 11.5 Å². The molecule has 0 atom stereocenters. The number of esters is 1. The third-order valence-corrected chi connectivity index (χ3v) is 6.15. The Labute approximate surface area is 191 Å². The quantitative estimate of drug-likeness (QED) is 0.503. The third kappa shape index (κ3) is 4.71. The number of nitrogens with zero attached hydrogens (tertiary/aromatic N) is 2. The van der Waals surface area contributed by atoms with Crippen molar-refractivity contribution in [1.29, 1.82) is 0 Å². The normalized spacial score (nSPS) is 13.5. The molecule has 0 saturated carbocycles. The van der Waals surface area contributed by atoms with Crippen LogP contribution in [0.15, 0.2) is 35.3 Å². The molecule has 1 aliphatic rings. The maximum atomic E-state index is 12.9. The fraction of sp³-hybridized carbons (Fsp3) is 0.286. The predicted molar refractivity (Wildman–Crippen MR) is 118 cm³/mol. The summed E-state index contributed by atoms with van der Waals surface area (Å²) >= 11 is 13.5. The molecule has 162 valence electrons. The van der Waals surface area contributed by atoms with E-state index in [2.05, 4.69) is 4.99 Å². The van der Waals surface area contributed by atoms with Gasteiger partial charge in [-0.2, -0.15) is 4.99 Å². The van der Waals surface area contributed by atoms with Crippen LogP contribution in [0, 0.1) is 0 Å². The number of rotatable bonds is 5. The van der Waals surface area contributed by atoms with Crippen molar-refractivity contribution in [2.24, 2.45) is 4.99 Å². The van der Waals surface area contributed by atoms with E-state index in [9.17, 15) is 9.59 Å². The highest BCUT2D eigenvalue weighted by molar-refractivity contribution is 7.16. The number of hydrogen-bond donors (Lipinski definition) is 0. The van der Waals surface area contributed by atoms with Crippen molar-refractivity contribution in [2.75, 3.05) is 19.8 Å². The molecule has 0 N–H and O–H groups in total. The first-order valence-electron chi connectivity index (χ1n) is 9.59. The summed E-state index contributed by atoms with van der Waals surface area (Å²) in [5.74, 6) is 0.383. The van der Waals surface area contributed by atoms with Crippen LogP contribution in [0.2, 0.25) is 10.0 Å². The number of thiazole rings is 1. The lowest BCUT2D eigenvalue weighted by Crippen LogP contribution is -2.20. The number of halogens is 2. The number of carbonyl (C=O) groups excluding carboxylic acids is 2. The summed E-state index contributed by atoms with van der Waals surface area (Å²) < 4.78 is 19.0. The third-order valence-electron chi connectivity index (χ3n) is 4.55. The summed E-state index contributed by atoms with van der Waals surface area (Å²) in [5.41, 5.74) is 0.983. The van der Waals surface area contributed by atoms with Crippen molar-refractivity contribution in [3.05, 3.63) is 50.7 Å². The maximum absolute atomic E-state index is 12.9. The van der Waals surface area contributed by atoms with Crippen LogP contribution in [-0.2, 0) is 16.1 Å². The molecule has 1 amide bonds. The van der Waals surface area contributed by atoms with Gasteiger partial charge in [-0.15, -0.1) is 0 Å². The zero-order valence-corrected chi connectivity index (χ0v) is 18.9. The van der Waals surface area contributed by atoms with Gasteiger partial charge >= 0.3 is 5.97 Å². The lowest BCUT2D eigenvalue weighted by atomic mass is 10.2. The van der Waals surface area contributed by atoms with Gasteiger partial charge in [-0.25, -0.2) is 0 Å². The van der Waals surface area contributed by atoms with Crippen LogP contribution in [0.3, 0.4) is 0 Å². The number of hydrogen-bond acceptors (Lipinski definition) is 6. The highest BCUT2D eigenvalue weighted by atomic mass is 35.5. The van der Waals surface area contributed by atoms with Crippen LogP contribution in [0.25, 0.3) is 10.2 Å². The van der Waals surface area contributed by atoms with Crippen LogP contribution in [0.4, 0.5) is 0 Å². The molecule has 0 bridgehead atoms. The zero-order valence-electron chi connectivity index (χ0n) is 16.5. The standard InChI is InChI=1S/C21H18Cl2N2O5S/c1-2-28-19(26)5-6-25-15-10-16-17(30-8-7-29-16)11-18(15)31-21(25)24-20(27)13-9-12(22)3-4-14(13)23/h3-4,9-11H,2,5-8H2,1H3. The molecule has 2 aromatic carbocycles. The van der Waals surface area contributed by atoms with Crippen LogP contribution in [0.5, 0.6) is 11.5 Å². The predicted octanol–water partition coefficient (Wildman–Crippen LogP) is 4.48. The number of ether oxygens (including phenoxy) is 3. The number of benzene rings is 2. The fourth-order valence-corrected chi connectivity index (χ4v) is 4.59. The monoisotopic (exact) mass is 480 g/mol. The van der Waals surface area contributed by atoms with Crippen LogP contribution >= 0.6 is 34.5 Å². The first-order chi connectivity index (χ1) is 15.0. The van der Waals surface area contributed by atoms with Gasteiger partial charge in [0.05, 0.1) is 33.8 Å². The van der Waals surface area contributed by atoms with E-state index in [1.165, 1.54) is 17.4 Å².